The highest BCUT2D eigenvalue weighted by atomic mass is 32.1. The molecule has 0 aromatic heterocycles. The smallest absolute Gasteiger partial charge is 0.316 e. The normalized spacial score (nSPS) is 15.5. The fourth-order valence-electron chi connectivity index (χ4n) is 0.413. The van der Waals surface area contributed by atoms with E-state index in [1.165, 1.54) is 0 Å². The Kier molecular flexibility index (Phi) is 4.36. The predicted octanol–water partition coefficient (Wildman–Crippen LogP) is 0.142. The fraction of sp³-hybridized carbons (Fsp3) is 0.600. The molecule has 4 nitrogen and oxygen atoms in total. The van der Waals surface area contributed by atoms with Crippen LogP contribution < -0.4 is 0 Å². The number of hydrogen-bond donors (Lipinski definition) is 4. The van der Waals surface area contributed by atoms with Crippen LogP contribution in [0.2, 0.25) is 0 Å². The van der Waals surface area contributed by atoms with Crippen molar-refractivity contribution in [2.45, 2.75) is 16.9 Å². The minimum absolute atomic E-state index is 0.0864. The highest BCUT2D eigenvalue weighted by molar-refractivity contribution is 7.82. The number of thiol groups is 2. The van der Waals surface area contributed by atoms with Crippen LogP contribution in [-0.2, 0) is 9.59 Å². The van der Waals surface area contributed by atoms with Crippen molar-refractivity contribution in [3.8, 4) is 0 Å². The number of carboxylic acids is 2. The van der Waals surface area contributed by atoms with Gasteiger partial charge in [-0.25, -0.2) is 0 Å². The Morgan fingerprint density at radius 1 is 1.09 bits per heavy atom. The lowest BCUT2D eigenvalue weighted by Crippen LogP contribution is -2.23. The summed E-state index contributed by atoms with van der Waals surface area (Å²) in [5.74, 6) is -2.26. The van der Waals surface area contributed by atoms with E-state index in [1.54, 1.807) is 0 Å². The van der Waals surface area contributed by atoms with Crippen LogP contribution in [0.15, 0.2) is 0 Å². The molecule has 0 unspecified atom stereocenters. The summed E-state index contributed by atoms with van der Waals surface area (Å²) in [6, 6.07) is 0. The van der Waals surface area contributed by atoms with E-state index < -0.39 is 22.4 Å². The molecule has 0 aliphatic carbocycles. The van der Waals surface area contributed by atoms with Crippen LogP contribution in [-0.4, -0.2) is 32.7 Å². The number of hydrogen-bond acceptors (Lipinski definition) is 4. The van der Waals surface area contributed by atoms with E-state index >= 15 is 0 Å². The monoisotopic (exact) mass is 196 g/mol. The maximum Gasteiger partial charge on any atom is 0.316 e. The Hall–Kier alpha value is -0.360. The molecule has 0 aliphatic rings. The van der Waals surface area contributed by atoms with Crippen LogP contribution in [0.25, 0.3) is 0 Å². The molecule has 0 bridgehead atoms. The van der Waals surface area contributed by atoms with Crippen molar-refractivity contribution in [2.75, 3.05) is 0 Å². The Balaban J connectivity index is 3.84. The molecule has 0 saturated carbocycles. The van der Waals surface area contributed by atoms with Gasteiger partial charge in [-0.1, -0.05) is 0 Å². The van der Waals surface area contributed by atoms with E-state index in [4.69, 9.17) is 10.2 Å². The molecule has 0 amide bonds. The molecule has 0 spiro atoms. The van der Waals surface area contributed by atoms with Gasteiger partial charge in [-0.2, -0.15) is 25.3 Å². The van der Waals surface area contributed by atoms with Crippen molar-refractivity contribution >= 4 is 37.2 Å². The van der Waals surface area contributed by atoms with E-state index in [0.29, 0.717) is 0 Å². The molecule has 0 fully saturated rings. The summed E-state index contributed by atoms with van der Waals surface area (Å²) in [7, 11) is 0. The lowest BCUT2D eigenvalue weighted by atomic mass is 10.2. The maximum absolute atomic E-state index is 10.2. The van der Waals surface area contributed by atoms with Crippen LogP contribution in [0.4, 0.5) is 0 Å². The summed E-state index contributed by atoms with van der Waals surface area (Å²) < 4.78 is 0. The molecule has 0 aliphatic heterocycles. The number of carboxylic acid groups (broad SMARTS) is 2. The SMILES string of the molecule is O=C(O)[C@H](S)C[C@H](S)C(=O)O. The summed E-state index contributed by atoms with van der Waals surface area (Å²) in [6.45, 7) is 0. The molecule has 64 valence electrons. The van der Waals surface area contributed by atoms with Gasteiger partial charge in [-0.05, 0) is 6.42 Å². The quantitative estimate of drug-likeness (QED) is 0.483. The summed E-state index contributed by atoms with van der Waals surface area (Å²) in [6.07, 6.45) is -0.0864. The van der Waals surface area contributed by atoms with E-state index in [-0.39, 0.29) is 6.42 Å². The van der Waals surface area contributed by atoms with Gasteiger partial charge in [0.05, 0.1) is 0 Å². The zero-order valence-corrected chi connectivity index (χ0v) is 7.26. The Morgan fingerprint density at radius 2 is 1.36 bits per heavy atom. The first-order valence-electron chi connectivity index (χ1n) is 2.77. The molecular formula is C5H8O4S2. The van der Waals surface area contributed by atoms with Gasteiger partial charge in [0, 0.05) is 0 Å². The summed E-state index contributed by atoms with van der Waals surface area (Å²) in [5.41, 5.74) is 0. The maximum atomic E-state index is 10.2. The summed E-state index contributed by atoms with van der Waals surface area (Å²) >= 11 is 7.29. The van der Waals surface area contributed by atoms with Crippen molar-refractivity contribution in [2.24, 2.45) is 0 Å². The van der Waals surface area contributed by atoms with Crippen molar-refractivity contribution in [3.05, 3.63) is 0 Å². The molecule has 0 heterocycles. The Bertz CT molecular complexity index is 152. The standard InChI is InChI=1S/C5H8O4S2/c6-4(7)2(10)1-3(11)5(8)9/h2-3,10-11H,1H2,(H,6,7)(H,8,9)/t2-,3+. The van der Waals surface area contributed by atoms with E-state index in [9.17, 15) is 9.59 Å². The minimum atomic E-state index is -1.13. The lowest BCUT2D eigenvalue weighted by Gasteiger charge is -2.07. The first-order valence-corrected chi connectivity index (χ1v) is 3.80. The second kappa shape index (κ2) is 4.50. The molecule has 0 aromatic carbocycles. The molecule has 2 atom stereocenters. The Morgan fingerprint density at radius 3 is 1.55 bits per heavy atom. The summed E-state index contributed by atoms with van der Waals surface area (Å²) in [4.78, 5) is 20.3. The third-order valence-corrected chi connectivity index (χ3v) is 1.88. The second-order valence-electron chi connectivity index (χ2n) is 1.94. The third kappa shape index (κ3) is 4.15. The van der Waals surface area contributed by atoms with Crippen molar-refractivity contribution in [1.82, 2.24) is 0 Å². The van der Waals surface area contributed by atoms with Gasteiger partial charge in [0.2, 0.25) is 0 Å². The molecule has 0 rings (SSSR count). The molecule has 6 heteroatoms. The van der Waals surface area contributed by atoms with Crippen LogP contribution in [0.3, 0.4) is 0 Å². The number of aliphatic carboxylic acids is 2. The van der Waals surface area contributed by atoms with Gasteiger partial charge in [0.15, 0.2) is 0 Å². The molecule has 0 radical (unpaired) electrons. The average molecular weight is 196 g/mol. The van der Waals surface area contributed by atoms with Crippen molar-refractivity contribution < 1.29 is 19.8 Å². The largest absolute Gasteiger partial charge is 0.480 e. The zero-order chi connectivity index (χ0) is 9.02. The highest BCUT2D eigenvalue weighted by Gasteiger charge is 2.20. The highest BCUT2D eigenvalue weighted by Crippen LogP contribution is 2.10. The van der Waals surface area contributed by atoms with Gasteiger partial charge in [-0.3, -0.25) is 9.59 Å². The van der Waals surface area contributed by atoms with Gasteiger partial charge in [-0.15, -0.1) is 0 Å². The predicted molar refractivity (Wildman–Crippen MR) is 45.4 cm³/mol. The molecule has 2 N–H and O–H groups in total. The topological polar surface area (TPSA) is 74.6 Å². The number of carbonyl (C=O) groups is 2. The molecule has 11 heavy (non-hydrogen) atoms. The third-order valence-electron chi connectivity index (χ3n) is 1.02. The molecule has 0 aromatic rings. The first-order chi connectivity index (χ1) is 4.95. The van der Waals surface area contributed by atoms with Crippen LogP contribution in [0.1, 0.15) is 6.42 Å². The van der Waals surface area contributed by atoms with E-state index in [0.717, 1.165) is 0 Å². The first kappa shape index (κ1) is 10.6. The van der Waals surface area contributed by atoms with E-state index in [2.05, 4.69) is 25.3 Å². The summed E-state index contributed by atoms with van der Waals surface area (Å²) in [5, 5.41) is 14.7. The minimum Gasteiger partial charge on any atom is -0.480 e. The van der Waals surface area contributed by atoms with Crippen LogP contribution in [0.5, 0.6) is 0 Å². The average Bonchev–Trinajstić information content (AvgIpc) is 1.87. The van der Waals surface area contributed by atoms with Crippen LogP contribution >= 0.6 is 25.3 Å². The fourth-order valence-corrected chi connectivity index (χ4v) is 1.00. The zero-order valence-electron chi connectivity index (χ0n) is 5.47. The van der Waals surface area contributed by atoms with E-state index in [1.807, 2.05) is 0 Å². The van der Waals surface area contributed by atoms with Gasteiger partial charge >= 0.3 is 11.9 Å². The number of rotatable bonds is 4. The van der Waals surface area contributed by atoms with Gasteiger partial charge in [0.25, 0.3) is 0 Å². The molecule has 0 saturated heterocycles. The van der Waals surface area contributed by atoms with Gasteiger partial charge in [0.1, 0.15) is 10.5 Å². The second-order valence-corrected chi connectivity index (χ2v) is 3.19. The van der Waals surface area contributed by atoms with Gasteiger partial charge < -0.3 is 10.2 Å². The molecular weight excluding hydrogens is 188 g/mol. The van der Waals surface area contributed by atoms with Crippen LogP contribution in [0, 0.1) is 0 Å². The van der Waals surface area contributed by atoms with Crippen molar-refractivity contribution in [1.29, 1.82) is 0 Å². The van der Waals surface area contributed by atoms with Crippen molar-refractivity contribution in [3.63, 3.8) is 0 Å². The lowest BCUT2D eigenvalue weighted by molar-refractivity contribution is -0.137. The Labute approximate surface area is 74.4 Å².